The van der Waals surface area contributed by atoms with Gasteiger partial charge in [-0.1, -0.05) is 19.3 Å². The zero-order valence-electron chi connectivity index (χ0n) is 17.3. The standard InChI is InChI=1S/C23H34N2O3/c1-17(2)24-23(27)19-10-12-21(13-11-19)28-16-20-9-6-14-25(20)22(26)15-18-7-4-3-5-8-18/h10-13,17-18,20H,3-9,14-16H2,1-2H3,(H,24,27). The summed E-state index contributed by atoms with van der Waals surface area (Å²) in [6.07, 6.45) is 9.04. The molecule has 154 valence electrons. The number of ether oxygens (including phenoxy) is 1. The number of nitrogens with zero attached hydrogens (tertiary/aromatic N) is 1. The molecule has 1 N–H and O–H groups in total. The van der Waals surface area contributed by atoms with Crippen molar-refractivity contribution in [1.29, 1.82) is 0 Å². The summed E-state index contributed by atoms with van der Waals surface area (Å²) in [6.45, 7) is 5.26. The summed E-state index contributed by atoms with van der Waals surface area (Å²) in [5.74, 6) is 1.55. The van der Waals surface area contributed by atoms with Crippen molar-refractivity contribution in [2.45, 2.75) is 77.3 Å². The van der Waals surface area contributed by atoms with Crippen LogP contribution in [0.25, 0.3) is 0 Å². The lowest BCUT2D eigenvalue weighted by atomic mass is 9.86. The van der Waals surface area contributed by atoms with Crippen LogP contribution in [-0.4, -0.2) is 41.9 Å². The van der Waals surface area contributed by atoms with E-state index in [-0.39, 0.29) is 18.0 Å². The van der Waals surface area contributed by atoms with Gasteiger partial charge in [-0.05, 0) is 69.7 Å². The second-order valence-corrected chi connectivity index (χ2v) is 8.55. The van der Waals surface area contributed by atoms with Gasteiger partial charge in [0.05, 0.1) is 6.04 Å². The van der Waals surface area contributed by atoms with E-state index in [0.29, 0.717) is 30.4 Å². The van der Waals surface area contributed by atoms with E-state index in [0.717, 1.165) is 25.1 Å². The van der Waals surface area contributed by atoms with Gasteiger partial charge in [-0.15, -0.1) is 0 Å². The van der Waals surface area contributed by atoms with E-state index in [1.54, 1.807) is 12.1 Å². The van der Waals surface area contributed by atoms with Crippen LogP contribution in [0, 0.1) is 5.92 Å². The third-order valence-corrected chi connectivity index (χ3v) is 5.86. The van der Waals surface area contributed by atoms with Gasteiger partial charge in [-0.25, -0.2) is 0 Å². The molecule has 5 nitrogen and oxygen atoms in total. The normalized spacial score (nSPS) is 20.4. The van der Waals surface area contributed by atoms with Crippen molar-refractivity contribution in [3.8, 4) is 5.75 Å². The second-order valence-electron chi connectivity index (χ2n) is 8.55. The molecule has 1 aromatic carbocycles. The fourth-order valence-corrected chi connectivity index (χ4v) is 4.33. The Kier molecular flexibility index (Phi) is 7.35. The minimum Gasteiger partial charge on any atom is -0.491 e. The molecule has 2 amide bonds. The van der Waals surface area contributed by atoms with Gasteiger partial charge >= 0.3 is 0 Å². The molecule has 0 radical (unpaired) electrons. The average Bonchev–Trinajstić information content (AvgIpc) is 3.16. The number of carbonyl (C=O) groups is 2. The Labute approximate surface area is 168 Å². The van der Waals surface area contributed by atoms with Crippen LogP contribution in [0.1, 0.15) is 75.6 Å². The Morgan fingerprint density at radius 1 is 1.07 bits per heavy atom. The van der Waals surface area contributed by atoms with Crippen LogP contribution >= 0.6 is 0 Å². The van der Waals surface area contributed by atoms with Crippen LogP contribution < -0.4 is 10.1 Å². The number of nitrogens with one attached hydrogen (secondary N) is 1. The minimum absolute atomic E-state index is 0.0724. The van der Waals surface area contributed by atoms with Crippen LogP contribution in [-0.2, 0) is 4.79 Å². The molecule has 2 aliphatic rings. The monoisotopic (exact) mass is 386 g/mol. The van der Waals surface area contributed by atoms with Gasteiger partial charge in [0.15, 0.2) is 0 Å². The van der Waals surface area contributed by atoms with Gasteiger partial charge in [0, 0.05) is 24.6 Å². The van der Waals surface area contributed by atoms with Gasteiger partial charge in [0.1, 0.15) is 12.4 Å². The third kappa shape index (κ3) is 5.73. The van der Waals surface area contributed by atoms with Crippen molar-refractivity contribution in [2.24, 2.45) is 5.92 Å². The third-order valence-electron chi connectivity index (χ3n) is 5.86. The Morgan fingerprint density at radius 2 is 1.79 bits per heavy atom. The Hall–Kier alpha value is -2.04. The van der Waals surface area contributed by atoms with E-state index in [9.17, 15) is 9.59 Å². The summed E-state index contributed by atoms with van der Waals surface area (Å²) >= 11 is 0. The van der Waals surface area contributed by atoms with E-state index in [4.69, 9.17) is 4.74 Å². The van der Waals surface area contributed by atoms with Crippen LogP contribution in [0.4, 0.5) is 0 Å². The molecular formula is C23H34N2O3. The molecule has 5 heteroatoms. The largest absolute Gasteiger partial charge is 0.491 e. The number of hydrogen-bond acceptors (Lipinski definition) is 3. The fraction of sp³-hybridized carbons (Fsp3) is 0.652. The van der Waals surface area contributed by atoms with E-state index in [2.05, 4.69) is 5.32 Å². The molecule has 1 unspecified atom stereocenters. The van der Waals surface area contributed by atoms with Gasteiger partial charge in [-0.2, -0.15) is 0 Å². The zero-order chi connectivity index (χ0) is 19.9. The predicted octanol–water partition coefficient (Wildman–Crippen LogP) is 4.17. The van der Waals surface area contributed by atoms with Crippen molar-refractivity contribution >= 4 is 11.8 Å². The topological polar surface area (TPSA) is 58.6 Å². The molecule has 1 heterocycles. The Bertz CT molecular complexity index is 650. The number of rotatable bonds is 7. The molecule has 1 aliphatic heterocycles. The van der Waals surface area contributed by atoms with Crippen molar-refractivity contribution in [3.63, 3.8) is 0 Å². The van der Waals surface area contributed by atoms with Crippen molar-refractivity contribution in [2.75, 3.05) is 13.2 Å². The summed E-state index contributed by atoms with van der Waals surface area (Å²) in [5, 5.41) is 2.88. The molecular weight excluding hydrogens is 352 g/mol. The Morgan fingerprint density at radius 3 is 2.46 bits per heavy atom. The summed E-state index contributed by atoms with van der Waals surface area (Å²) < 4.78 is 5.95. The number of benzene rings is 1. The number of carbonyl (C=O) groups excluding carboxylic acids is 2. The maximum absolute atomic E-state index is 12.8. The maximum Gasteiger partial charge on any atom is 0.251 e. The second kappa shape index (κ2) is 9.94. The van der Waals surface area contributed by atoms with E-state index in [1.807, 2.05) is 30.9 Å². The summed E-state index contributed by atoms with van der Waals surface area (Å²) in [5.41, 5.74) is 0.631. The highest BCUT2D eigenvalue weighted by molar-refractivity contribution is 5.94. The summed E-state index contributed by atoms with van der Waals surface area (Å²) in [7, 11) is 0. The first kappa shape index (κ1) is 20.7. The predicted molar refractivity (Wildman–Crippen MR) is 110 cm³/mol. The lowest BCUT2D eigenvalue weighted by Gasteiger charge is -2.28. The zero-order valence-corrected chi connectivity index (χ0v) is 17.3. The minimum atomic E-state index is -0.0724. The highest BCUT2D eigenvalue weighted by Crippen LogP contribution is 2.28. The van der Waals surface area contributed by atoms with Gasteiger partial charge < -0.3 is 15.0 Å². The number of hydrogen-bond donors (Lipinski definition) is 1. The molecule has 0 bridgehead atoms. The van der Waals surface area contributed by atoms with Gasteiger partial charge in [-0.3, -0.25) is 9.59 Å². The van der Waals surface area contributed by atoms with Crippen molar-refractivity contribution in [3.05, 3.63) is 29.8 Å². The quantitative estimate of drug-likeness (QED) is 0.765. The molecule has 1 saturated heterocycles. The fourth-order valence-electron chi connectivity index (χ4n) is 4.33. The SMILES string of the molecule is CC(C)NC(=O)c1ccc(OCC2CCCN2C(=O)CC2CCCCC2)cc1. The number of amides is 2. The van der Waals surface area contributed by atoms with E-state index in [1.165, 1.54) is 32.1 Å². The van der Waals surface area contributed by atoms with Crippen molar-refractivity contribution < 1.29 is 14.3 Å². The molecule has 1 aromatic rings. The highest BCUT2D eigenvalue weighted by Gasteiger charge is 2.30. The average molecular weight is 387 g/mol. The first-order valence-electron chi connectivity index (χ1n) is 10.9. The lowest BCUT2D eigenvalue weighted by Crippen LogP contribution is -2.39. The summed E-state index contributed by atoms with van der Waals surface area (Å²) in [6, 6.07) is 7.51. The molecule has 1 saturated carbocycles. The van der Waals surface area contributed by atoms with Crippen LogP contribution in [0.5, 0.6) is 5.75 Å². The highest BCUT2D eigenvalue weighted by atomic mass is 16.5. The first-order valence-corrected chi connectivity index (χ1v) is 10.9. The van der Waals surface area contributed by atoms with Gasteiger partial charge in [0.2, 0.25) is 5.91 Å². The lowest BCUT2D eigenvalue weighted by molar-refractivity contribution is -0.133. The molecule has 0 aromatic heterocycles. The molecule has 1 atom stereocenters. The molecule has 28 heavy (non-hydrogen) atoms. The molecule has 3 rings (SSSR count). The van der Waals surface area contributed by atoms with E-state index < -0.39 is 0 Å². The molecule has 2 fully saturated rings. The van der Waals surface area contributed by atoms with E-state index >= 15 is 0 Å². The maximum atomic E-state index is 12.8. The van der Waals surface area contributed by atoms with Gasteiger partial charge in [0.25, 0.3) is 5.91 Å². The van der Waals surface area contributed by atoms with Crippen molar-refractivity contribution in [1.82, 2.24) is 10.2 Å². The first-order chi connectivity index (χ1) is 13.5. The molecule has 0 spiro atoms. The van der Waals surface area contributed by atoms with Crippen LogP contribution in [0.2, 0.25) is 0 Å². The van der Waals surface area contributed by atoms with Crippen LogP contribution in [0.15, 0.2) is 24.3 Å². The Balaban J connectivity index is 1.49. The smallest absolute Gasteiger partial charge is 0.251 e. The molecule has 1 aliphatic carbocycles. The van der Waals surface area contributed by atoms with Crippen LogP contribution in [0.3, 0.4) is 0 Å². The number of likely N-dealkylation sites (tertiary alicyclic amines) is 1. The summed E-state index contributed by atoms with van der Waals surface area (Å²) in [4.78, 5) is 26.8.